The van der Waals surface area contributed by atoms with Crippen LogP contribution in [0.3, 0.4) is 0 Å². The van der Waals surface area contributed by atoms with E-state index in [2.05, 4.69) is 58.9 Å². The number of ether oxygens (including phenoxy) is 2. The van der Waals surface area contributed by atoms with Gasteiger partial charge in [-0.25, -0.2) is 0 Å². The Kier molecular flexibility index (Phi) is 7.14. The molecule has 0 aliphatic carbocycles. The highest BCUT2D eigenvalue weighted by molar-refractivity contribution is 5.91. The normalized spacial score (nSPS) is 17.8. The second-order valence-corrected chi connectivity index (χ2v) is 8.67. The SMILES string of the molecule is COC(C)(C)OCC#C[C@@H]1NC(=O)[C@H]1NC(c1ccccc1)(c1ccccc1)c1ccccc1. The maximum atomic E-state index is 12.8. The number of amides is 1. The molecule has 1 fully saturated rings. The molecule has 0 spiro atoms. The summed E-state index contributed by atoms with van der Waals surface area (Å²) in [4.78, 5) is 12.8. The fourth-order valence-corrected chi connectivity index (χ4v) is 4.12. The van der Waals surface area contributed by atoms with E-state index in [0.29, 0.717) is 0 Å². The molecular weight excluding hydrogens is 424 g/mol. The number of carbonyl (C=O) groups excluding carboxylic acids is 1. The quantitative estimate of drug-likeness (QED) is 0.235. The topological polar surface area (TPSA) is 59.6 Å². The zero-order chi connectivity index (χ0) is 24.0. The molecule has 5 heteroatoms. The van der Waals surface area contributed by atoms with Crippen LogP contribution in [0.4, 0.5) is 0 Å². The molecule has 34 heavy (non-hydrogen) atoms. The Balaban J connectivity index is 1.71. The summed E-state index contributed by atoms with van der Waals surface area (Å²) in [6.45, 7) is 3.87. The molecule has 0 unspecified atom stereocenters. The predicted molar refractivity (Wildman–Crippen MR) is 133 cm³/mol. The Hall–Kier alpha value is -3.43. The molecule has 0 saturated carbocycles. The number of hydrogen-bond donors (Lipinski definition) is 2. The lowest BCUT2D eigenvalue weighted by molar-refractivity contribution is -0.188. The number of hydrogen-bond acceptors (Lipinski definition) is 4. The van der Waals surface area contributed by atoms with E-state index in [9.17, 15) is 4.79 Å². The van der Waals surface area contributed by atoms with Gasteiger partial charge < -0.3 is 14.8 Å². The van der Waals surface area contributed by atoms with Gasteiger partial charge in [0.15, 0.2) is 5.79 Å². The average molecular weight is 455 g/mol. The fourth-order valence-electron chi connectivity index (χ4n) is 4.12. The van der Waals surface area contributed by atoms with Crippen LogP contribution in [0.1, 0.15) is 30.5 Å². The van der Waals surface area contributed by atoms with Gasteiger partial charge in [0, 0.05) is 7.11 Å². The zero-order valence-corrected chi connectivity index (χ0v) is 19.7. The van der Waals surface area contributed by atoms with Gasteiger partial charge in [-0.3, -0.25) is 10.1 Å². The van der Waals surface area contributed by atoms with Crippen LogP contribution >= 0.6 is 0 Å². The molecule has 3 aromatic rings. The van der Waals surface area contributed by atoms with Crippen molar-refractivity contribution in [2.24, 2.45) is 0 Å². The molecule has 5 nitrogen and oxygen atoms in total. The van der Waals surface area contributed by atoms with E-state index in [1.54, 1.807) is 7.11 Å². The predicted octanol–water partition coefficient (Wildman–Crippen LogP) is 3.84. The first-order valence-corrected chi connectivity index (χ1v) is 11.4. The van der Waals surface area contributed by atoms with Crippen LogP contribution in [0.15, 0.2) is 91.0 Å². The third-order valence-electron chi connectivity index (χ3n) is 6.15. The number of benzene rings is 3. The van der Waals surface area contributed by atoms with Crippen molar-refractivity contribution < 1.29 is 14.3 Å². The number of β-lactam (4-membered cyclic amide) rings is 1. The van der Waals surface area contributed by atoms with Gasteiger partial charge in [-0.15, -0.1) is 0 Å². The summed E-state index contributed by atoms with van der Waals surface area (Å²) < 4.78 is 10.9. The van der Waals surface area contributed by atoms with Gasteiger partial charge in [0.2, 0.25) is 5.91 Å². The number of rotatable bonds is 8. The third kappa shape index (κ3) is 4.90. The van der Waals surface area contributed by atoms with Crippen LogP contribution in [0, 0.1) is 11.8 Å². The Morgan fingerprint density at radius 1 is 0.853 bits per heavy atom. The molecule has 0 bridgehead atoms. The van der Waals surface area contributed by atoms with Crippen molar-refractivity contribution >= 4 is 5.91 Å². The van der Waals surface area contributed by atoms with Crippen LogP contribution in [0.2, 0.25) is 0 Å². The van der Waals surface area contributed by atoms with Crippen LogP contribution in [-0.4, -0.2) is 37.5 Å². The summed E-state index contributed by atoms with van der Waals surface area (Å²) in [5.41, 5.74) is 2.40. The van der Waals surface area contributed by atoms with Gasteiger partial charge in [-0.05, 0) is 30.5 Å². The lowest BCUT2D eigenvalue weighted by Crippen LogP contribution is -2.71. The molecule has 1 saturated heterocycles. The fraction of sp³-hybridized carbons (Fsp3) is 0.276. The maximum absolute atomic E-state index is 12.8. The molecule has 3 aromatic carbocycles. The molecular formula is C29H30N2O3. The van der Waals surface area contributed by atoms with Gasteiger partial charge in [-0.2, -0.15) is 0 Å². The minimum Gasteiger partial charge on any atom is -0.354 e. The number of carbonyl (C=O) groups is 1. The lowest BCUT2D eigenvalue weighted by atomic mass is 9.75. The van der Waals surface area contributed by atoms with Crippen molar-refractivity contribution in [1.29, 1.82) is 0 Å². The largest absolute Gasteiger partial charge is 0.354 e. The van der Waals surface area contributed by atoms with E-state index >= 15 is 0 Å². The molecule has 0 radical (unpaired) electrons. The highest BCUT2D eigenvalue weighted by Crippen LogP contribution is 2.38. The summed E-state index contributed by atoms with van der Waals surface area (Å²) in [6, 6.07) is 29.8. The van der Waals surface area contributed by atoms with Crippen molar-refractivity contribution in [2.45, 2.75) is 37.3 Å². The van der Waals surface area contributed by atoms with E-state index in [1.165, 1.54) is 0 Å². The van der Waals surface area contributed by atoms with E-state index < -0.39 is 17.4 Å². The van der Waals surface area contributed by atoms with Crippen molar-refractivity contribution in [3.63, 3.8) is 0 Å². The van der Waals surface area contributed by atoms with Crippen LogP contribution in [-0.2, 0) is 19.8 Å². The van der Waals surface area contributed by atoms with Crippen LogP contribution in [0.5, 0.6) is 0 Å². The van der Waals surface area contributed by atoms with Crippen LogP contribution in [0.25, 0.3) is 0 Å². The molecule has 1 aliphatic rings. The average Bonchev–Trinajstić information content (AvgIpc) is 2.88. The van der Waals surface area contributed by atoms with Gasteiger partial charge in [-0.1, -0.05) is 103 Å². The first-order chi connectivity index (χ1) is 16.5. The monoisotopic (exact) mass is 454 g/mol. The number of nitrogens with one attached hydrogen (secondary N) is 2. The molecule has 4 rings (SSSR count). The highest BCUT2D eigenvalue weighted by atomic mass is 16.7. The van der Waals surface area contributed by atoms with E-state index in [-0.39, 0.29) is 18.6 Å². The molecule has 1 amide bonds. The zero-order valence-electron chi connectivity index (χ0n) is 19.7. The number of methoxy groups -OCH3 is 1. The van der Waals surface area contributed by atoms with E-state index in [0.717, 1.165) is 16.7 Å². The Bertz CT molecular complexity index is 1050. The van der Waals surface area contributed by atoms with E-state index in [4.69, 9.17) is 9.47 Å². The standard InChI is InChI=1S/C29H30N2O3/c1-28(2,33-3)34-21-13-20-25-26(27(32)30-25)31-29(22-14-7-4-8-15-22,23-16-9-5-10-17-23)24-18-11-6-12-19-24/h4-12,14-19,25-26,31H,21H2,1-3H3,(H,30,32)/t25-,26-/m0/s1. The molecule has 1 aliphatic heterocycles. The summed E-state index contributed by atoms with van der Waals surface area (Å²) in [6.07, 6.45) is 0. The van der Waals surface area contributed by atoms with Gasteiger partial charge >= 0.3 is 0 Å². The summed E-state index contributed by atoms with van der Waals surface area (Å²) in [5, 5.41) is 6.62. The molecule has 174 valence electrons. The summed E-state index contributed by atoms with van der Waals surface area (Å²) in [7, 11) is 1.59. The minimum atomic E-state index is -0.735. The molecule has 2 N–H and O–H groups in total. The minimum absolute atomic E-state index is 0.0791. The third-order valence-corrected chi connectivity index (χ3v) is 6.15. The van der Waals surface area contributed by atoms with Crippen molar-refractivity contribution in [2.75, 3.05) is 13.7 Å². The molecule has 2 atom stereocenters. The smallest absolute Gasteiger partial charge is 0.241 e. The highest BCUT2D eigenvalue weighted by Gasteiger charge is 2.46. The van der Waals surface area contributed by atoms with Gasteiger partial charge in [0.1, 0.15) is 18.7 Å². The second-order valence-electron chi connectivity index (χ2n) is 8.67. The van der Waals surface area contributed by atoms with Crippen molar-refractivity contribution in [1.82, 2.24) is 10.6 Å². The molecule has 0 aromatic heterocycles. The Labute approximate surface area is 201 Å². The van der Waals surface area contributed by atoms with Crippen molar-refractivity contribution in [3.05, 3.63) is 108 Å². The summed E-state index contributed by atoms with van der Waals surface area (Å²) >= 11 is 0. The van der Waals surface area contributed by atoms with Gasteiger partial charge in [0.05, 0.1) is 5.54 Å². The lowest BCUT2D eigenvalue weighted by Gasteiger charge is -2.44. The van der Waals surface area contributed by atoms with E-state index in [1.807, 2.05) is 68.4 Å². The first-order valence-electron chi connectivity index (χ1n) is 11.4. The second kappa shape index (κ2) is 10.2. The Morgan fingerprint density at radius 3 is 1.74 bits per heavy atom. The maximum Gasteiger partial charge on any atom is 0.241 e. The van der Waals surface area contributed by atoms with Crippen LogP contribution < -0.4 is 10.6 Å². The molecule has 1 heterocycles. The Morgan fingerprint density at radius 2 is 1.32 bits per heavy atom. The summed E-state index contributed by atoms with van der Waals surface area (Å²) in [5.74, 6) is 5.39. The van der Waals surface area contributed by atoms with Crippen molar-refractivity contribution in [3.8, 4) is 11.8 Å². The first kappa shape index (κ1) is 23.7. The van der Waals surface area contributed by atoms with Gasteiger partial charge in [0.25, 0.3) is 0 Å².